The van der Waals surface area contributed by atoms with E-state index in [1.807, 2.05) is 0 Å². The SMILES string of the molecule is Cc1c2c(cc(-c3ccccc3)[n+]1CCCCCC(=O)[O-])CCCC2. The Bertz CT molecular complexity index is 737. The van der Waals surface area contributed by atoms with Gasteiger partial charge in [-0.05, 0) is 62.6 Å². The van der Waals surface area contributed by atoms with E-state index in [2.05, 4.69) is 47.9 Å². The third-order valence-electron chi connectivity index (χ3n) is 5.29. The van der Waals surface area contributed by atoms with Crippen LogP contribution >= 0.6 is 0 Å². The number of carboxylic acid groups (broad SMARTS) is 1. The average Bonchev–Trinajstić information content (AvgIpc) is 2.63. The molecule has 3 heteroatoms. The van der Waals surface area contributed by atoms with Crippen LogP contribution in [0.1, 0.15) is 55.3 Å². The molecule has 0 saturated heterocycles. The van der Waals surface area contributed by atoms with E-state index in [1.165, 1.54) is 53.8 Å². The van der Waals surface area contributed by atoms with Gasteiger partial charge in [-0.15, -0.1) is 0 Å². The fourth-order valence-corrected chi connectivity index (χ4v) is 3.94. The van der Waals surface area contributed by atoms with Crippen LogP contribution in [0.2, 0.25) is 0 Å². The number of fused-ring (bicyclic) bond motifs is 1. The third kappa shape index (κ3) is 4.28. The number of nitrogens with zero attached hydrogens (tertiary/aromatic N) is 1. The molecule has 1 aromatic carbocycles. The minimum atomic E-state index is -0.942. The van der Waals surface area contributed by atoms with E-state index in [0.29, 0.717) is 6.42 Å². The van der Waals surface area contributed by atoms with E-state index in [4.69, 9.17) is 0 Å². The summed E-state index contributed by atoms with van der Waals surface area (Å²) in [6.07, 6.45) is 7.72. The Labute approximate surface area is 150 Å². The molecule has 3 rings (SSSR count). The fourth-order valence-electron chi connectivity index (χ4n) is 3.94. The lowest BCUT2D eigenvalue weighted by Gasteiger charge is -2.19. The van der Waals surface area contributed by atoms with E-state index in [9.17, 15) is 9.90 Å². The predicted octanol–water partition coefficient (Wildman–Crippen LogP) is 3.14. The quantitative estimate of drug-likeness (QED) is 0.575. The first-order valence-corrected chi connectivity index (χ1v) is 9.47. The van der Waals surface area contributed by atoms with Gasteiger partial charge in [0.25, 0.3) is 0 Å². The monoisotopic (exact) mass is 337 g/mol. The highest BCUT2D eigenvalue weighted by molar-refractivity contribution is 5.64. The summed E-state index contributed by atoms with van der Waals surface area (Å²) in [6, 6.07) is 13.0. The molecule has 1 aromatic heterocycles. The summed E-state index contributed by atoms with van der Waals surface area (Å²) in [6.45, 7) is 3.19. The Balaban J connectivity index is 1.87. The van der Waals surface area contributed by atoms with Gasteiger partial charge in [-0.1, -0.05) is 18.2 Å². The summed E-state index contributed by atoms with van der Waals surface area (Å²) in [7, 11) is 0. The van der Waals surface area contributed by atoms with Crippen molar-refractivity contribution in [3.63, 3.8) is 0 Å². The Kier molecular flexibility index (Phi) is 5.85. The molecular weight excluding hydrogens is 310 g/mol. The summed E-state index contributed by atoms with van der Waals surface area (Å²) in [4.78, 5) is 10.6. The molecule has 132 valence electrons. The molecule has 0 spiro atoms. The van der Waals surface area contributed by atoms with Crippen LogP contribution in [0, 0.1) is 6.92 Å². The molecule has 25 heavy (non-hydrogen) atoms. The first-order chi connectivity index (χ1) is 12.2. The largest absolute Gasteiger partial charge is 0.550 e. The van der Waals surface area contributed by atoms with Crippen LogP contribution < -0.4 is 9.67 Å². The molecule has 3 nitrogen and oxygen atoms in total. The number of aliphatic carboxylic acids is 1. The van der Waals surface area contributed by atoms with Gasteiger partial charge in [0.15, 0.2) is 5.69 Å². The summed E-state index contributed by atoms with van der Waals surface area (Å²) >= 11 is 0. The number of carbonyl (C=O) groups excluding carboxylic acids is 1. The number of rotatable bonds is 7. The Morgan fingerprint density at radius 1 is 1.08 bits per heavy atom. The first-order valence-electron chi connectivity index (χ1n) is 9.47. The summed E-state index contributed by atoms with van der Waals surface area (Å²) in [5.41, 5.74) is 6.97. The predicted molar refractivity (Wildman–Crippen MR) is 96.9 cm³/mol. The molecule has 0 bridgehead atoms. The van der Waals surface area contributed by atoms with Gasteiger partial charge >= 0.3 is 0 Å². The topological polar surface area (TPSA) is 44.0 Å². The lowest BCUT2D eigenvalue weighted by Crippen LogP contribution is -2.41. The maximum atomic E-state index is 10.6. The maximum Gasteiger partial charge on any atom is 0.212 e. The van der Waals surface area contributed by atoms with Crippen LogP contribution in [0.4, 0.5) is 0 Å². The standard InChI is InChI=1S/C22H27NO2/c1-17-20-13-8-7-12-19(20)16-21(18-10-4-2-5-11-18)23(17)15-9-3-6-14-22(24)25/h2,4-5,10-11,16H,3,6-9,12-15H2,1H3. The molecule has 0 amide bonds. The molecule has 1 heterocycles. The van der Waals surface area contributed by atoms with Crippen molar-refractivity contribution in [3.8, 4) is 11.3 Å². The number of aromatic nitrogens is 1. The van der Waals surface area contributed by atoms with E-state index in [0.717, 1.165) is 19.4 Å². The second-order valence-electron chi connectivity index (χ2n) is 7.03. The average molecular weight is 337 g/mol. The summed E-state index contributed by atoms with van der Waals surface area (Å²) < 4.78 is 2.44. The molecule has 0 aliphatic heterocycles. The fraction of sp³-hybridized carbons (Fsp3) is 0.455. The highest BCUT2D eigenvalue weighted by Crippen LogP contribution is 2.27. The van der Waals surface area contributed by atoms with Crippen LogP contribution in [0.3, 0.4) is 0 Å². The number of carboxylic acids is 1. The summed E-state index contributed by atoms with van der Waals surface area (Å²) in [5.74, 6) is -0.942. The molecule has 1 aliphatic rings. The number of aryl methyl sites for hydroxylation is 1. The lowest BCUT2D eigenvalue weighted by molar-refractivity contribution is -0.693. The molecule has 0 saturated carbocycles. The second-order valence-corrected chi connectivity index (χ2v) is 7.03. The van der Waals surface area contributed by atoms with Crippen molar-refractivity contribution >= 4 is 5.97 Å². The highest BCUT2D eigenvalue weighted by Gasteiger charge is 2.24. The van der Waals surface area contributed by atoms with Crippen molar-refractivity contribution in [3.05, 3.63) is 53.2 Å². The Morgan fingerprint density at radius 2 is 1.84 bits per heavy atom. The Morgan fingerprint density at radius 3 is 2.60 bits per heavy atom. The van der Waals surface area contributed by atoms with Gasteiger partial charge in [0.1, 0.15) is 6.54 Å². The zero-order chi connectivity index (χ0) is 17.6. The molecule has 0 fully saturated rings. The lowest BCUT2D eigenvalue weighted by atomic mass is 9.89. The van der Waals surface area contributed by atoms with E-state index in [-0.39, 0.29) is 6.42 Å². The number of hydrogen-bond donors (Lipinski definition) is 0. The van der Waals surface area contributed by atoms with Crippen molar-refractivity contribution in [2.45, 2.75) is 64.8 Å². The minimum absolute atomic E-state index is 0.166. The van der Waals surface area contributed by atoms with Crippen molar-refractivity contribution in [1.29, 1.82) is 0 Å². The number of benzene rings is 1. The van der Waals surface area contributed by atoms with Gasteiger partial charge in [0.05, 0.1) is 0 Å². The van der Waals surface area contributed by atoms with Gasteiger partial charge in [-0.2, -0.15) is 4.57 Å². The van der Waals surface area contributed by atoms with Crippen LogP contribution in [-0.4, -0.2) is 5.97 Å². The molecule has 2 aromatic rings. The zero-order valence-corrected chi connectivity index (χ0v) is 15.1. The van der Waals surface area contributed by atoms with Crippen molar-refractivity contribution in [2.24, 2.45) is 0 Å². The maximum absolute atomic E-state index is 10.6. The van der Waals surface area contributed by atoms with E-state index < -0.39 is 5.97 Å². The smallest absolute Gasteiger partial charge is 0.212 e. The van der Waals surface area contributed by atoms with Gasteiger partial charge in [0, 0.05) is 36.5 Å². The number of unbranched alkanes of at least 4 members (excludes halogenated alkanes) is 2. The normalized spacial score (nSPS) is 13.5. The Hall–Kier alpha value is -2.16. The van der Waals surface area contributed by atoms with Crippen molar-refractivity contribution < 1.29 is 14.5 Å². The molecule has 0 unspecified atom stereocenters. The number of hydrogen-bond acceptors (Lipinski definition) is 2. The summed E-state index contributed by atoms with van der Waals surface area (Å²) in [5, 5.41) is 10.6. The molecule has 0 atom stereocenters. The third-order valence-corrected chi connectivity index (χ3v) is 5.29. The molecule has 0 N–H and O–H groups in total. The van der Waals surface area contributed by atoms with Crippen molar-refractivity contribution in [1.82, 2.24) is 0 Å². The van der Waals surface area contributed by atoms with Crippen LogP contribution in [-0.2, 0) is 24.2 Å². The first kappa shape index (κ1) is 17.7. The van der Waals surface area contributed by atoms with Crippen molar-refractivity contribution in [2.75, 3.05) is 0 Å². The van der Waals surface area contributed by atoms with Crippen LogP contribution in [0.25, 0.3) is 11.3 Å². The zero-order valence-electron chi connectivity index (χ0n) is 15.1. The molecule has 1 aliphatic carbocycles. The van der Waals surface area contributed by atoms with Gasteiger partial charge in [0.2, 0.25) is 5.69 Å². The van der Waals surface area contributed by atoms with E-state index >= 15 is 0 Å². The minimum Gasteiger partial charge on any atom is -0.550 e. The van der Waals surface area contributed by atoms with Crippen LogP contribution in [0.15, 0.2) is 36.4 Å². The van der Waals surface area contributed by atoms with E-state index in [1.54, 1.807) is 0 Å². The van der Waals surface area contributed by atoms with Crippen LogP contribution in [0.5, 0.6) is 0 Å². The van der Waals surface area contributed by atoms with Gasteiger partial charge in [-0.3, -0.25) is 0 Å². The second kappa shape index (κ2) is 8.28. The molecule has 0 radical (unpaired) electrons. The number of carbonyl (C=O) groups is 1. The molecular formula is C22H27NO2. The van der Waals surface area contributed by atoms with Gasteiger partial charge in [-0.25, -0.2) is 0 Å². The highest BCUT2D eigenvalue weighted by atomic mass is 16.4. The van der Waals surface area contributed by atoms with Gasteiger partial charge < -0.3 is 9.90 Å². The number of pyridine rings is 1.